The molecule has 0 bridgehead atoms. The third kappa shape index (κ3) is 2.41. The lowest BCUT2D eigenvalue weighted by Gasteiger charge is -2.23. The van der Waals surface area contributed by atoms with Gasteiger partial charge in [-0.25, -0.2) is 4.98 Å². The van der Waals surface area contributed by atoms with Gasteiger partial charge in [0.1, 0.15) is 5.76 Å². The van der Waals surface area contributed by atoms with Gasteiger partial charge in [0.2, 0.25) is 0 Å². The van der Waals surface area contributed by atoms with Gasteiger partial charge in [-0.15, -0.1) is 0 Å². The highest BCUT2D eigenvalue weighted by Crippen LogP contribution is 2.10. The van der Waals surface area contributed by atoms with Gasteiger partial charge in [-0.3, -0.25) is 4.79 Å². The van der Waals surface area contributed by atoms with E-state index in [2.05, 4.69) is 15.6 Å². The minimum Gasteiger partial charge on any atom is -0.445 e. The maximum Gasteiger partial charge on any atom is 0.273 e. The molecule has 5 heteroatoms. The summed E-state index contributed by atoms with van der Waals surface area (Å²) < 4.78 is 5.24. The summed E-state index contributed by atoms with van der Waals surface area (Å²) in [4.78, 5) is 16.0. The number of oxazole rings is 1. The Balaban J connectivity index is 1.99. The van der Waals surface area contributed by atoms with Crippen LogP contribution < -0.4 is 10.6 Å². The lowest BCUT2D eigenvalue weighted by molar-refractivity contribution is 0.0924. The van der Waals surface area contributed by atoms with Gasteiger partial charge >= 0.3 is 0 Å². The molecule has 0 radical (unpaired) electrons. The van der Waals surface area contributed by atoms with E-state index in [9.17, 15) is 4.79 Å². The molecule has 1 aromatic heterocycles. The number of piperidine rings is 1. The number of aryl methyl sites for hydroxylation is 2. The number of carbonyl (C=O) groups excluding carboxylic acids is 1. The van der Waals surface area contributed by atoms with Crippen molar-refractivity contribution in [2.45, 2.75) is 32.7 Å². The second-order valence-electron chi connectivity index (χ2n) is 4.15. The van der Waals surface area contributed by atoms with Crippen LogP contribution in [-0.4, -0.2) is 30.0 Å². The zero-order chi connectivity index (χ0) is 11.5. The number of nitrogens with zero attached hydrogens (tertiary/aromatic N) is 1. The van der Waals surface area contributed by atoms with Crippen molar-refractivity contribution < 1.29 is 9.21 Å². The second kappa shape index (κ2) is 4.65. The third-order valence-corrected chi connectivity index (χ3v) is 2.75. The zero-order valence-corrected chi connectivity index (χ0v) is 9.67. The summed E-state index contributed by atoms with van der Waals surface area (Å²) in [6.07, 6.45) is 2.12. The maximum atomic E-state index is 11.9. The van der Waals surface area contributed by atoms with Crippen LogP contribution in [0.2, 0.25) is 0 Å². The van der Waals surface area contributed by atoms with Crippen LogP contribution in [0.5, 0.6) is 0 Å². The first-order valence-corrected chi connectivity index (χ1v) is 5.62. The molecule has 1 aromatic rings. The number of amides is 1. The van der Waals surface area contributed by atoms with Crippen LogP contribution in [0.4, 0.5) is 0 Å². The fraction of sp³-hybridized carbons (Fsp3) is 0.636. The summed E-state index contributed by atoms with van der Waals surface area (Å²) >= 11 is 0. The molecule has 1 saturated heterocycles. The van der Waals surface area contributed by atoms with Crippen molar-refractivity contribution in [1.29, 1.82) is 0 Å². The van der Waals surface area contributed by atoms with E-state index in [1.165, 1.54) is 0 Å². The number of carbonyl (C=O) groups is 1. The molecule has 0 aliphatic carbocycles. The molecule has 1 aliphatic heterocycles. The smallest absolute Gasteiger partial charge is 0.273 e. The van der Waals surface area contributed by atoms with Gasteiger partial charge in [-0.05, 0) is 26.3 Å². The molecule has 2 heterocycles. The molecule has 1 atom stereocenters. The lowest BCUT2D eigenvalue weighted by atomic mass is 10.1. The van der Waals surface area contributed by atoms with Crippen molar-refractivity contribution >= 4 is 5.91 Å². The highest BCUT2D eigenvalue weighted by atomic mass is 16.4. The van der Waals surface area contributed by atoms with Gasteiger partial charge in [0.15, 0.2) is 11.6 Å². The van der Waals surface area contributed by atoms with E-state index in [-0.39, 0.29) is 11.9 Å². The standard InChI is InChI=1S/C11H17N3O2/c1-7-10(13-8(2)16-7)11(15)14-9-4-3-5-12-6-9/h9,12H,3-6H2,1-2H3,(H,14,15). The Labute approximate surface area is 94.6 Å². The van der Waals surface area contributed by atoms with Gasteiger partial charge in [0.25, 0.3) is 5.91 Å². The molecule has 0 spiro atoms. The highest BCUT2D eigenvalue weighted by molar-refractivity contribution is 5.93. The molecule has 0 saturated carbocycles. The van der Waals surface area contributed by atoms with E-state index in [1.54, 1.807) is 13.8 Å². The summed E-state index contributed by atoms with van der Waals surface area (Å²) in [6.45, 7) is 5.37. The van der Waals surface area contributed by atoms with E-state index in [4.69, 9.17) is 4.42 Å². The van der Waals surface area contributed by atoms with Crippen LogP contribution in [0.25, 0.3) is 0 Å². The SMILES string of the molecule is Cc1nc(C(=O)NC2CCCNC2)c(C)o1. The fourth-order valence-corrected chi connectivity index (χ4v) is 1.97. The van der Waals surface area contributed by atoms with Crippen LogP contribution in [0, 0.1) is 13.8 Å². The number of aromatic nitrogens is 1. The molecule has 0 aromatic carbocycles. The maximum absolute atomic E-state index is 11.9. The molecule has 2 rings (SSSR count). The quantitative estimate of drug-likeness (QED) is 0.777. The van der Waals surface area contributed by atoms with Gasteiger partial charge < -0.3 is 15.1 Å². The Morgan fingerprint density at radius 2 is 2.38 bits per heavy atom. The number of rotatable bonds is 2. The Hall–Kier alpha value is -1.36. The van der Waals surface area contributed by atoms with E-state index in [1.807, 2.05) is 0 Å². The zero-order valence-electron chi connectivity index (χ0n) is 9.67. The number of nitrogens with one attached hydrogen (secondary N) is 2. The second-order valence-corrected chi connectivity index (χ2v) is 4.15. The van der Waals surface area contributed by atoms with Crippen LogP contribution in [0.3, 0.4) is 0 Å². The van der Waals surface area contributed by atoms with Crippen molar-refractivity contribution in [3.8, 4) is 0 Å². The molecule has 1 unspecified atom stereocenters. The van der Waals surface area contributed by atoms with Gasteiger partial charge in [0.05, 0.1) is 0 Å². The van der Waals surface area contributed by atoms with Crippen LogP contribution in [-0.2, 0) is 0 Å². The summed E-state index contributed by atoms with van der Waals surface area (Å²) in [5, 5.41) is 6.22. The number of hydrogen-bond donors (Lipinski definition) is 2. The molecule has 1 aliphatic rings. The van der Waals surface area contributed by atoms with Crippen molar-refractivity contribution in [2.24, 2.45) is 0 Å². The van der Waals surface area contributed by atoms with Crippen LogP contribution in [0.15, 0.2) is 4.42 Å². The summed E-state index contributed by atoms with van der Waals surface area (Å²) in [6, 6.07) is 0.206. The third-order valence-electron chi connectivity index (χ3n) is 2.75. The summed E-state index contributed by atoms with van der Waals surface area (Å²) in [7, 11) is 0. The van der Waals surface area contributed by atoms with Crippen molar-refractivity contribution in [2.75, 3.05) is 13.1 Å². The minimum absolute atomic E-state index is 0.136. The minimum atomic E-state index is -0.136. The molecule has 88 valence electrons. The molecule has 1 fully saturated rings. The predicted octanol–water partition coefficient (Wildman–Crippen LogP) is 0.773. The first kappa shape index (κ1) is 11.1. The van der Waals surface area contributed by atoms with Gasteiger partial charge in [-0.1, -0.05) is 0 Å². The largest absolute Gasteiger partial charge is 0.445 e. The van der Waals surface area contributed by atoms with E-state index < -0.39 is 0 Å². The van der Waals surface area contributed by atoms with Gasteiger partial charge in [0, 0.05) is 19.5 Å². The molecular weight excluding hydrogens is 206 g/mol. The monoisotopic (exact) mass is 223 g/mol. The highest BCUT2D eigenvalue weighted by Gasteiger charge is 2.20. The summed E-state index contributed by atoms with van der Waals surface area (Å²) in [5.74, 6) is 0.978. The van der Waals surface area contributed by atoms with E-state index >= 15 is 0 Å². The van der Waals surface area contributed by atoms with E-state index in [0.717, 1.165) is 25.9 Å². The summed E-state index contributed by atoms with van der Waals surface area (Å²) in [5.41, 5.74) is 0.406. The molecule has 16 heavy (non-hydrogen) atoms. The predicted molar refractivity (Wildman–Crippen MR) is 59.3 cm³/mol. The topological polar surface area (TPSA) is 67.2 Å². The van der Waals surface area contributed by atoms with E-state index in [0.29, 0.717) is 17.3 Å². The lowest BCUT2D eigenvalue weighted by Crippen LogP contribution is -2.45. The Morgan fingerprint density at radius 3 is 2.94 bits per heavy atom. The molecule has 1 amide bonds. The first-order chi connectivity index (χ1) is 7.66. The molecule has 2 N–H and O–H groups in total. The Kier molecular flexibility index (Phi) is 3.24. The Morgan fingerprint density at radius 1 is 1.56 bits per heavy atom. The normalized spacial score (nSPS) is 20.8. The van der Waals surface area contributed by atoms with Crippen LogP contribution >= 0.6 is 0 Å². The van der Waals surface area contributed by atoms with Crippen molar-refractivity contribution in [1.82, 2.24) is 15.6 Å². The number of hydrogen-bond acceptors (Lipinski definition) is 4. The fourth-order valence-electron chi connectivity index (χ4n) is 1.97. The average Bonchev–Trinajstić information content (AvgIpc) is 2.59. The van der Waals surface area contributed by atoms with Crippen molar-refractivity contribution in [3.05, 3.63) is 17.3 Å². The average molecular weight is 223 g/mol. The van der Waals surface area contributed by atoms with Gasteiger partial charge in [-0.2, -0.15) is 0 Å². The van der Waals surface area contributed by atoms with Crippen LogP contribution in [0.1, 0.15) is 35.0 Å². The molecule has 5 nitrogen and oxygen atoms in total. The first-order valence-electron chi connectivity index (χ1n) is 5.62. The Bertz CT molecular complexity index is 381. The van der Waals surface area contributed by atoms with Crippen molar-refractivity contribution in [3.63, 3.8) is 0 Å². The molecular formula is C11H17N3O2.